The van der Waals surface area contributed by atoms with Crippen molar-refractivity contribution in [2.24, 2.45) is 0 Å². The quantitative estimate of drug-likeness (QED) is 0.764. The molecule has 0 atom stereocenters. The lowest BCUT2D eigenvalue weighted by Crippen LogP contribution is -2.43. The molecule has 0 aromatic heterocycles. The minimum Gasteiger partial charge on any atom is -0.199 e. The summed E-state index contributed by atoms with van der Waals surface area (Å²) >= 11 is 0. The molecule has 0 aromatic rings. The molecule has 2 fully saturated rings. The van der Waals surface area contributed by atoms with Crippen LogP contribution in [0.2, 0.25) is 0 Å². The fourth-order valence-electron chi connectivity index (χ4n) is 2.26. The van der Waals surface area contributed by atoms with Gasteiger partial charge in [0.15, 0.2) is 0 Å². The Morgan fingerprint density at radius 3 is 2.14 bits per heavy atom. The Kier molecular flexibility index (Phi) is 3.09. The number of hydrogen-bond donors (Lipinski definition) is 1. The topological polar surface area (TPSA) is 49.4 Å². The van der Waals surface area contributed by atoms with Crippen LogP contribution in [-0.4, -0.2) is 31.9 Å². The van der Waals surface area contributed by atoms with Crippen LogP contribution < -0.4 is 4.72 Å². The minimum atomic E-state index is -3.16. The van der Waals surface area contributed by atoms with Gasteiger partial charge in [-0.25, -0.2) is 0 Å². The first-order valence-corrected chi connectivity index (χ1v) is 6.90. The van der Waals surface area contributed by atoms with E-state index in [1.807, 2.05) is 0 Å². The summed E-state index contributed by atoms with van der Waals surface area (Å²) < 4.78 is 28.0. The van der Waals surface area contributed by atoms with Crippen molar-refractivity contribution in [1.82, 2.24) is 9.03 Å². The van der Waals surface area contributed by atoms with Gasteiger partial charge in [-0.1, -0.05) is 12.8 Å². The van der Waals surface area contributed by atoms with E-state index in [2.05, 4.69) is 4.72 Å². The summed E-state index contributed by atoms with van der Waals surface area (Å²) in [5.74, 6) is 0. The molecule has 2 aliphatic rings. The van der Waals surface area contributed by atoms with Crippen LogP contribution in [0, 0.1) is 0 Å². The van der Waals surface area contributed by atoms with Gasteiger partial charge in [0.25, 0.3) is 10.2 Å². The first kappa shape index (κ1) is 10.4. The van der Waals surface area contributed by atoms with Crippen LogP contribution in [0.5, 0.6) is 0 Å². The highest BCUT2D eigenvalue weighted by molar-refractivity contribution is 7.87. The van der Waals surface area contributed by atoms with Crippen molar-refractivity contribution < 1.29 is 8.42 Å². The van der Waals surface area contributed by atoms with Gasteiger partial charge in [0.2, 0.25) is 0 Å². The Morgan fingerprint density at radius 2 is 1.57 bits per heavy atom. The molecule has 1 N–H and O–H groups in total. The molecule has 1 saturated heterocycles. The highest BCUT2D eigenvalue weighted by Crippen LogP contribution is 2.20. The van der Waals surface area contributed by atoms with E-state index >= 15 is 0 Å². The van der Waals surface area contributed by atoms with Gasteiger partial charge in [-0.2, -0.15) is 17.4 Å². The Labute approximate surface area is 85.9 Å². The number of hydrogen-bond acceptors (Lipinski definition) is 2. The molecule has 1 saturated carbocycles. The first-order valence-electron chi connectivity index (χ1n) is 5.46. The van der Waals surface area contributed by atoms with Crippen molar-refractivity contribution in [3.05, 3.63) is 0 Å². The fourth-order valence-corrected chi connectivity index (χ4v) is 3.80. The molecule has 4 nitrogen and oxygen atoms in total. The second-order valence-electron chi connectivity index (χ2n) is 4.21. The van der Waals surface area contributed by atoms with Gasteiger partial charge < -0.3 is 0 Å². The third kappa shape index (κ3) is 2.27. The molecular weight excluding hydrogens is 200 g/mol. The fraction of sp³-hybridized carbons (Fsp3) is 1.00. The third-order valence-corrected chi connectivity index (χ3v) is 4.75. The van der Waals surface area contributed by atoms with Crippen LogP contribution in [0.1, 0.15) is 38.5 Å². The van der Waals surface area contributed by atoms with E-state index in [1.54, 1.807) is 4.31 Å². The predicted molar refractivity (Wildman–Crippen MR) is 55.1 cm³/mol. The van der Waals surface area contributed by atoms with Gasteiger partial charge in [0, 0.05) is 19.1 Å². The average Bonchev–Trinajstić information content (AvgIpc) is 2.71. The summed E-state index contributed by atoms with van der Waals surface area (Å²) in [5, 5.41) is 0. The summed E-state index contributed by atoms with van der Waals surface area (Å²) in [4.78, 5) is 0. The minimum absolute atomic E-state index is 0.195. The van der Waals surface area contributed by atoms with Gasteiger partial charge in [-0.3, -0.25) is 0 Å². The highest BCUT2D eigenvalue weighted by atomic mass is 32.2. The number of rotatable bonds is 3. The smallest absolute Gasteiger partial charge is 0.199 e. The molecule has 0 aromatic carbocycles. The molecule has 1 heterocycles. The lowest BCUT2D eigenvalue weighted by atomic mass is 10.3. The Bertz CT molecular complexity index is 277. The molecule has 0 unspecified atom stereocenters. The Morgan fingerprint density at radius 1 is 1.00 bits per heavy atom. The van der Waals surface area contributed by atoms with Crippen LogP contribution in [0.15, 0.2) is 0 Å². The van der Waals surface area contributed by atoms with Gasteiger partial charge in [-0.15, -0.1) is 0 Å². The number of nitrogens with zero attached hydrogens (tertiary/aromatic N) is 1. The van der Waals surface area contributed by atoms with E-state index in [-0.39, 0.29) is 6.04 Å². The van der Waals surface area contributed by atoms with Crippen LogP contribution in [-0.2, 0) is 10.2 Å². The summed E-state index contributed by atoms with van der Waals surface area (Å²) in [6, 6.07) is 0.195. The standard InChI is InChI=1S/C9H18N2O2S/c12-14(13,11-7-3-4-8-11)10-9-5-1-2-6-9/h9-10H,1-8H2. The van der Waals surface area contributed by atoms with Gasteiger partial charge in [0.05, 0.1) is 0 Å². The normalized spacial score (nSPS) is 26.0. The SMILES string of the molecule is O=S(=O)(NC1CCCC1)N1CCCC1. The zero-order chi connectivity index (χ0) is 10.0. The molecule has 0 spiro atoms. The molecule has 0 bridgehead atoms. The maximum atomic E-state index is 11.8. The largest absolute Gasteiger partial charge is 0.279 e. The molecule has 5 heteroatoms. The molecule has 0 amide bonds. The van der Waals surface area contributed by atoms with E-state index in [4.69, 9.17) is 0 Å². The van der Waals surface area contributed by atoms with Gasteiger partial charge in [0.1, 0.15) is 0 Å². The van der Waals surface area contributed by atoms with Gasteiger partial charge >= 0.3 is 0 Å². The molecular formula is C9H18N2O2S. The molecule has 2 rings (SSSR count). The summed E-state index contributed by atoms with van der Waals surface area (Å²) in [6.07, 6.45) is 6.34. The van der Waals surface area contributed by atoms with E-state index in [1.165, 1.54) is 0 Å². The predicted octanol–water partition coefficient (Wildman–Crippen LogP) is 0.859. The van der Waals surface area contributed by atoms with Crippen LogP contribution >= 0.6 is 0 Å². The second kappa shape index (κ2) is 4.16. The lowest BCUT2D eigenvalue weighted by molar-refractivity contribution is 0.452. The van der Waals surface area contributed by atoms with E-state index in [9.17, 15) is 8.42 Å². The second-order valence-corrected chi connectivity index (χ2v) is 5.91. The zero-order valence-electron chi connectivity index (χ0n) is 8.41. The Balaban J connectivity index is 1.93. The monoisotopic (exact) mass is 218 g/mol. The van der Waals surface area contributed by atoms with Crippen molar-refractivity contribution >= 4 is 10.2 Å². The van der Waals surface area contributed by atoms with E-state index in [0.717, 1.165) is 38.5 Å². The highest BCUT2D eigenvalue weighted by Gasteiger charge is 2.28. The van der Waals surface area contributed by atoms with Crippen molar-refractivity contribution in [2.75, 3.05) is 13.1 Å². The molecule has 1 aliphatic heterocycles. The average molecular weight is 218 g/mol. The lowest BCUT2D eigenvalue weighted by Gasteiger charge is -2.19. The maximum absolute atomic E-state index is 11.8. The van der Waals surface area contributed by atoms with Crippen molar-refractivity contribution in [3.8, 4) is 0 Å². The summed E-state index contributed by atoms with van der Waals surface area (Å²) in [6.45, 7) is 1.39. The van der Waals surface area contributed by atoms with E-state index in [0.29, 0.717) is 13.1 Å². The van der Waals surface area contributed by atoms with E-state index < -0.39 is 10.2 Å². The van der Waals surface area contributed by atoms with Crippen molar-refractivity contribution in [1.29, 1.82) is 0 Å². The van der Waals surface area contributed by atoms with Gasteiger partial charge in [-0.05, 0) is 25.7 Å². The summed E-state index contributed by atoms with van der Waals surface area (Å²) in [5.41, 5.74) is 0. The number of nitrogens with one attached hydrogen (secondary N) is 1. The third-order valence-electron chi connectivity index (χ3n) is 3.08. The summed E-state index contributed by atoms with van der Waals surface area (Å²) in [7, 11) is -3.16. The Hall–Kier alpha value is -0.130. The molecule has 82 valence electrons. The zero-order valence-corrected chi connectivity index (χ0v) is 9.22. The first-order chi connectivity index (χ1) is 6.68. The van der Waals surface area contributed by atoms with Crippen molar-refractivity contribution in [3.63, 3.8) is 0 Å². The van der Waals surface area contributed by atoms with Crippen LogP contribution in [0.4, 0.5) is 0 Å². The van der Waals surface area contributed by atoms with Crippen LogP contribution in [0.25, 0.3) is 0 Å². The molecule has 1 aliphatic carbocycles. The molecule has 0 radical (unpaired) electrons. The maximum Gasteiger partial charge on any atom is 0.279 e. The van der Waals surface area contributed by atoms with Crippen molar-refractivity contribution in [2.45, 2.75) is 44.6 Å². The molecule has 14 heavy (non-hydrogen) atoms. The van der Waals surface area contributed by atoms with Crippen LogP contribution in [0.3, 0.4) is 0 Å².